The van der Waals surface area contributed by atoms with Gasteiger partial charge in [0.25, 0.3) is 0 Å². The van der Waals surface area contributed by atoms with Crippen molar-refractivity contribution < 1.29 is 14.7 Å². The van der Waals surface area contributed by atoms with E-state index in [0.717, 1.165) is 54.3 Å². The first-order valence-electron chi connectivity index (χ1n) is 11.4. The number of aromatic nitrogens is 2. The molecule has 2 heterocycles. The van der Waals surface area contributed by atoms with Crippen molar-refractivity contribution in [2.45, 2.75) is 44.6 Å². The molecule has 2 N–H and O–H groups in total. The van der Waals surface area contributed by atoms with Crippen LogP contribution in [-0.2, 0) is 16.0 Å². The zero-order valence-electron chi connectivity index (χ0n) is 18.7. The van der Waals surface area contributed by atoms with Crippen LogP contribution in [0.3, 0.4) is 0 Å². The topological polar surface area (TPSA) is 92.2 Å². The number of fused-ring (bicyclic) bond motifs is 1. The van der Waals surface area contributed by atoms with E-state index in [9.17, 15) is 14.7 Å². The number of carboxylic acids is 1. The summed E-state index contributed by atoms with van der Waals surface area (Å²) in [4.78, 5) is 33.5. The SMILES string of the molecule is O=C(O)[C@H](Cc1ccc2nc(-c3c(Cl)cncc3Cl)ccc2c1)NC1=C(Br)C(=O)C12CCCCC2. The van der Waals surface area contributed by atoms with Gasteiger partial charge in [-0.25, -0.2) is 9.78 Å². The van der Waals surface area contributed by atoms with Crippen LogP contribution in [-0.4, -0.2) is 32.9 Å². The lowest BCUT2D eigenvalue weighted by atomic mass is 9.62. The van der Waals surface area contributed by atoms with Crippen LogP contribution in [0.5, 0.6) is 0 Å². The van der Waals surface area contributed by atoms with Gasteiger partial charge in [-0.3, -0.25) is 9.78 Å². The predicted octanol–water partition coefficient (Wildman–Crippen LogP) is 6.33. The van der Waals surface area contributed by atoms with Crippen molar-refractivity contribution in [3.63, 3.8) is 0 Å². The molecule has 1 aromatic carbocycles. The van der Waals surface area contributed by atoms with Gasteiger partial charge >= 0.3 is 5.97 Å². The molecule has 0 unspecified atom stereocenters. The number of pyridine rings is 2. The van der Waals surface area contributed by atoms with Crippen LogP contribution in [0, 0.1) is 5.41 Å². The van der Waals surface area contributed by atoms with Gasteiger partial charge in [-0.15, -0.1) is 0 Å². The molecule has 2 aromatic heterocycles. The number of carboxylic acid groups (broad SMARTS) is 1. The second kappa shape index (κ2) is 9.52. The predicted molar refractivity (Wildman–Crippen MR) is 140 cm³/mol. The maximum atomic E-state index is 12.7. The second-order valence-corrected chi connectivity index (χ2v) is 10.7. The molecule has 9 heteroatoms. The number of carbonyl (C=O) groups excluding carboxylic acids is 1. The maximum absolute atomic E-state index is 12.7. The standard InChI is InChI=1S/C26H22BrCl2N3O3/c27-22-23(26(24(22)33)8-2-1-3-9-26)32-20(25(34)35)11-14-4-6-18-15(10-14)5-7-19(31-18)21-16(28)12-30-13-17(21)29/h4-7,10,12-13,20,32H,1-3,8-9,11H2,(H,34,35)/t20-/m0/s1. The Morgan fingerprint density at radius 3 is 2.51 bits per heavy atom. The van der Waals surface area contributed by atoms with E-state index in [4.69, 9.17) is 23.2 Å². The van der Waals surface area contributed by atoms with E-state index >= 15 is 0 Å². The molecule has 5 rings (SSSR count). The van der Waals surface area contributed by atoms with Gasteiger partial charge in [0.1, 0.15) is 6.04 Å². The Morgan fingerprint density at radius 2 is 1.83 bits per heavy atom. The molecule has 3 aromatic rings. The largest absolute Gasteiger partial charge is 0.480 e. The Labute approximate surface area is 220 Å². The van der Waals surface area contributed by atoms with Gasteiger partial charge in [0.05, 0.1) is 31.2 Å². The van der Waals surface area contributed by atoms with E-state index in [2.05, 4.69) is 31.2 Å². The van der Waals surface area contributed by atoms with Gasteiger partial charge in [-0.05, 0) is 52.5 Å². The molecule has 1 spiro atoms. The molecule has 35 heavy (non-hydrogen) atoms. The van der Waals surface area contributed by atoms with Crippen LogP contribution in [0.15, 0.2) is 52.9 Å². The summed E-state index contributed by atoms with van der Waals surface area (Å²) in [5.74, 6) is -0.871. The minimum absolute atomic E-state index is 0.0887. The van der Waals surface area contributed by atoms with E-state index < -0.39 is 17.4 Å². The molecule has 0 radical (unpaired) electrons. The van der Waals surface area contributed by atoms with Gasteiger partial charge in [-0.1, -0.05) is 54.6 Å². The van der Waals surface area contributed by atoms with Crippen LogP contribution in [0.4, 0.5) is 0 Å². The second-order valence-electron chi connectivity index (χ2n) is 9.10. The average Bonchev–Trinajstić information content (AvgIpc) is 2.86. The van der Waals surface area contributed by atoms with Crippen molar-refractivity contribution in [3.8, 4) is 11.3 Å². The Kier molecular flexibility index (Phi) is 6.59. The number of rotatable bonds is 6. The van der Waals surface area contributed by atoms with E-state index in [1.54, 1.807) is 0 Å². The van der Waals surface area contributed by atoms with Crippen molar-refractivity contribution in [2.24, 2.45) is 5.41 Å². The normalized spacial score (nSPS) is 18.0. The molecule has 1 atom stereocenters. The fourth-order valence-electron chi connectivity index (χ4n) is 5.13. The summed E-state index contributed by atoms with van der Waals surface area (Å²) in [6.07, 6.45) is 7.92. The average molecular weight is 575 g/mol. The molecule has 180 valence electrons. The van der Waals surface area contributed by atoms with Crippen molar-refractivity contribution in [3.05, 3.63) is 68.5 Å². The number of ketones is 1. The number of halogens is 3. The molecular weight excluding hydrogens is 553 g/mol. The zero-order chi connectivity index (χ0) is 24.7. The molecule has 2 aliphatic carbocycles. The number of nitrogens with one attached hydrogen (secondary N) is 1. The zero-order valence-corrected chi connectivity index (χ0v) is 21.8. The van der Waals surface area contributed by atoms with E-state index in [-0.39, 0.29) is 12.2 Å². The monoisotopic (exact) mass is 573 g/mol. The summed E-state index contributed by atoms with van der Waals surface area (Å²) >= 11 is 15.9. The summed E-state index contributed by atoms with van der Waals surface area (Å²) in [6.45, 7) is 0. The number of hydrogen-bond acceptors (Lipinski definition) is 5. The summed E-state index contributed by atoms with van der Waals surface area (Å²) in [6, 6.07) is 8.56. The van der Waals surface area contributed by atoms with E-state index in [1.165, 1.54) is 12.4 Å². The highest BCUT2D eigenvalue weighted by Gasteiger charge is 2.53. The number of allylic oxidation sites excluding steroid dienone is 2. The van der Waals surface area contributed by atoms with Crippen LogP contribution in [0.2, 0.25) is 10.0 Å². The number of carbonyl (C=O) groups is 2. The smallest absolute Gasteiger partial charge is 0.326 e. The van der Waals surface area contributed by atoms with Crippen molar-refractivity contribution in [1.82, 2.24) is 15.3 Å². The number of nitrogens with zero attached hydrogens (tertiary/aromatic N) is 2. The lowest BCUT2D eigenvalue weighted by Crippen LogP contribution is -2.53. The molecule has 2 aliphatic rings. The molecule has 1 saturated carbocycles. The minimum atomic E-state index is -0.960. The quantitative estimate of drug-likeness (QED) is 0.357. The molecule has 0 amide bonds. The summed E-state index contributed by atoms with van der Waals surface area (Å²) in [5, 5.41) is 14.8. The van der Waals surface area contributed by atoms with Gasteiger partial charge in [0.2, 0.25) is 0 Å². The maximum Gasteiger partial charge on any atom is 0.326 e. The highest BCUT2D eigenvalue weighted by atomic mass is 79.9. The van der Waals surface area contributed by atoms with Crippen LogP contribution < -0.4 is 5.32 Å². The Bertz CT molecular complexity index is 1370. The molecule has 6 nitrogen and oxygen atoms in total. The Hall–Kier alpha value is -2.48. The lowest BCUT2D eigenvalue weighted by Gasteiger charge is -2.46. The highest BCUT2D eigenvalue weighted by molar-refractivity contribution is 9.12. The molecular formula is C26H22BrCl2N3O3. The number of aliphatic carboxylic acids is 1. The number of benzene rings is 1. The van der Waals surface area contributed by atoms with E-state index in [0.29, 0.717) is 25.8 Å². The van der Waals surface area contributed by atoms with Gasteiger partial charge in [0, 0.05) is 35.5 Å². The minimum Gasteiger partial charge on any atom is -0.480 e. The van der Waals surface area contributed by atoms with Gasteiger partial charge in [0.15, 0.2) is 5.78 Å². The fraction of sp³-hybridized carbons (Fsp3) is 0.308. The van der Waals surface area contributed by atoms with Crippen LogP contribution in [0.25, 0.3) is 22.2 Å². The van der Waals surface area contributed by atoms with Gasteiger partial charge < -0.3 is 10.4 Å². The first kappa shape index (κ1) is 24.2. The summed E-state index contributed by atoms with van der Waals surface area (Å²) in [5.41, 5.74) is 3.04. The van der Waals surface area contributed by atoms with Crippen LogP contribution >= 0.6 is 39.1 Å². The number of Topliss-reactive ketones (excluding diaryl/α,β-unsaturated/α-hetero) is 1. The van der Waals surface area contributed by atoms with E-state index in [1.807, 2.05) is 30.3 Å². The third-order valence-electron chi connectivity index (χ3n) is 6.96. The number of hydrogen-bond donors (Lipinski definition) is 2. The Morgan fingerprint density at radius 1 is 1.11 bits per heavy atom. The first-order valence-corrected chi connectivity index (χ1v) is 13.0. The molecule has 0 bridgehead atoms. The Balaban J connectivity index is 1.39. The molecule has 0 aliphatic heterocycles. The summed E-state index contributed by atoms with van der Waals surface area (Å²) in [7, 11) is 0. The third-order valence-corrected chi connectivity index (χ3v) is 8.29. The first-order chi connectivity index (χ1) is 16.8. The van der Waals surface area contributed by atoms with Crippen molar-refractivity contribution >= 4 is 61.8 Å². The lowest BCUT2D eigenvalue weighted by molar-refractivity contribution is -0.140. The van der Waals surface area contributed by atoms with Crippen molar-refractivity contribution in [1.29, 1.82) is 0 Å². The summed E-state index contributed by atoms with van der Waals surface area (Å²) < 4.78 is 0.481. The molecule has 0 saturated heterocycles. The van der Waals surface area contributed by atoms with Crippen molar-refractivity contribution in [2.75, 3.05) is 0 Å². The molecule has 1 fully saturated rings. The van der Waals surface area contributed by atoms with Gasteiger partial charge in [-0.2, -0.15) is 0 Å². The third kappa shape index (κ3) is 4.34. The fourth-order valence-corrected chi connectivity index (χ4v) is 6.56. The highest BCUT2D eigenvalue weighted by Crippen LogP contribution is 2.53. The van der Waals surface area contributed by atoms with Crippen LogP contribution in [0.1, 0.15) is 37.7 Å².